The number of hydrogen-bond donors (Lipinski definition) is 0. The van der Waals surface area contributed by atoms with Gasteiger partial charge in [0.1, 0.15) is 5.82 Å². The molecule has 0 atom stereocenters. The Kier molecular flexibility index (Phi) is 4.22. The maximum atomic E-state index is 4.27. The normalized spacial score (nSPS) is 10.5. The van der Waals surface area contributed by atoms with E-state index in [1.54, 1.807) is 0 Å². The molecule has 1 aromatic heterocycles. The summed E-state index contributed by atoms with van der Waals surface area (Å²) in [6.45, 7) is 5.44. The van der Waals surface area contributed by atoms with Gasteiger partial charge in [0.05, 0.1) is 0 Å². The molecular weight excluding hydrogens is 168 g/mol. The predicted octanol–water partition coefficient (Wildman–Crippen LogP) is 2.20. The number of thioether (sulfide) groups is 1. The molecule has 0 aromatic carbocycles. The van der Waals surface area contributed by atoms with Gasteiger partial charge in [0.15, 0.2) is 0 Å². The Morgan fingerprint density at radius 2 is 2.33 bits per heavy atom. The Bertz CT molecular complexity index is 220. The van der Waals surface area contributed by atoms with Crippen LogP contribution in [0.5, 0.6) is 0 Å². The van der Waals surface area contributed by atoms with Crippen LogP contribution in [0.15, 0.2) is 12.4 Å². The van der Waals surface area contributed by atoms with Gasteiger partial charge in [0, 0.05) is 31.1 Å². The molecule has 1 heterocycles. The second-order valence-electron chi connectivity index (χ2n) is 2.59. The number of hydrogen-bond acceptors (Lipinski definition) is 2. The lowest BCUT2D eigenvalue weighted by molar-refractivity contribution is 0.712. The van der Waals surface area contributed by atoms with Gasteiger partial charge in [-0.2, -0.15) is 11.8 Å². The summed E-state index contributed by atoms with van der Waals surface area (Å²) in [6.07, 6.45) is 4.98. The van der Waals surface area contributed by atoms with E-state index < -0.39 is 0 Å². The molecule has 3 heteroatoms. The van der Waals surface area contributed by atoms with Crippen LogP contribution in [0.4, 0.5) is 0 Å². The van der Waals surface area contributed by atoms with Crippen LogP contribution in [-0.2, 0) is 13.0 Å². The minimum Gasteiger partial charge on any atom is -0.334 e. The van der Waals surface area contributed by atoms with Gasteiger partial charge in [0.25, 0.3) is 0 Å². The van der Waals surface area contributed by atoms with E-state index in [1.165, 1.54) is 17.3 Å². The zero-order valence-corrected chi connectivity index (χ0v) is 8.60. The molecule has 1 rings (SSSR count). The zero-order valence-electron chi connectivity index (χ0n) is 7.79. The third-order valence-electron chi connectivity index (χ3n) is 1.80. The summed E-state index contributed by atoms with van der Waals surface area (Å²) < 4.78 is 2.24. The molecule has 0 spiro atoms. The second kappa shape index (κ2) is 5.25. The molecule has 0 fully saturated rings. The fraction of sp³-hybridized carbons (Fsp3) is 0.667. The molecule has 12 heavy (non-hydrogen) atoms. The lowest BCUT2D eigenvalue weighted by Crippen LogP contribution is -2.03. The van der Waals surface area contributed by atoms with Crippen LogP contribution in [0.25, 0.3) is 0 Å². The van der Waals surface area contributed by atoms with E-state index in [1.807, 2.05) is 18.0 Å². The number of imidazole rings is 1. The second-order valence-corrected chi connectivity index (χ2v) is 3.98. The van der Waals surface area contributed by atoms with E-state index in [0.29, 0.717) is 0 Å². The van der Waals surface area contributed by atoms with E-state index in [-0.39, 0.29) is 0 Å². The van der Waals surface area contributed by atoms with Gasteiger partial charge in [-0.05, 0) is 5.75 Å². The van der Waals surface area contributed by atoms with Crippen molar-refractivity contribution in [2.75, 3.05) is 11.5 Å². The highest BCUT2D eigenvalue weighted by Gasteiger charge is 1.98. The van der Waals surface area contributed by atoms with E-state index in [9.17, 15) is 0 Å². The molecule has 68 valence electrons. The summed E-state index contributed by atoms with van der Waals surface area (Å²) in [5, 5.41) is 0. The first-order valence-corrected chi connectivity index (χ1v) is 5.61. The molecule has 0 aliphatic heterocycles. The van der Waals surface area contributed by atoms with Gasteiger partial charge in [-0.3, -0.25) is 0 Å². The van der Waals surface area contributed by atoms with Crippen molar-refractivity contribution in [3.05, 3.63) is 18.2 Å². The third-order valence-corrected chi connectivity index (χ3v) is 2.68. The minimum absolute atomic E-state index is 1.03. The highest BCUT2D eigenvalue weighted by atomic mass is 32.2. The molecule has 0 saturated carbocycles. The lowest BCUT2D eigenvalue weighted by Gasteiger charge is -2.04. The molecular formula is C9H16N2S. The lowest BCUT2D eigenvalue weighted by atomic mass is 10.4. The molecule has 0 aliphatic rings. The maximum absolute atomic E-state index is 4.27. The Morgan fingerprint density at radius 1 is 1.50 bits per heavy atom. The monoisotopic (exact) mass is 184 g/mol. The Labute approximate surface area is 78.4 Å². The van der Waals surface area contributed by atoms with Crippen molar-refractivity contribution in [3.63, 3.8) is 0 Å². The molecule has 0 amide bonds. The van der Waals surface area contributed by atoms with E-state index in [2.05, 4.69) is 29.6 Å². The van der Waals surface area contributed by atoms with E-state index in [4.69, 9.17) is 0 Å². The average Bonchev–Trinajstić information content (AvgIpc) is 2.52. The molecule has 0 N–H and O–H groups in total. The van der Waals surface area contributed by atoms with Gasteiger partial charge >= 0.3 is 0 Å². The minimum atomic E-state index is 1.03. The van der Waals surface area contributed by atoms with Crippen molar-refractivity contribution in [2.24, 2.45) is 0 Å². The summed E-state index contributed by atoms with van der Waals surface area (Å²) in [4.78, 5) is 4.27. The summed E-state index contributed by atoms with van der Waals surface area (Å²) in [5.41, 5.74) is 0. The number of aromatic nitrogens is 2. The third kappa shape index (κ3) is 2.55. The van der Waals surface area contributed by atoms with Gasteiger partial charge in [-0.1, -0.05) is 13.8 Å². The number of aryl methyl sites for hydroxylation is 2. The summed E-state index contributed by atoms with van der Waals surface area (Å²) in [6, 6.07) is 0. The predicted molar refractivity (Wildman–Crippen MR) is 54.6 cm³/mol. The number of rotatable bonds is 5. The molecule has 0 bridgehead atoms. The van der Waals surface area contributed by atoms with Gasteiger partial charge < -0.3 is 4.57 Å². The van der Waals surface area contributed by atoms with Crippen molar-refractivity contribution in [3.8, 4) is 0 Å². The molecule has 1 aromatic rings. The van der Waals surface area contributed by atoms with Crippen LogP contribution in [0, 0.1) is 0 Å². The average molecular weight is 184 g/mol. The van der Waals surface area contributed by atoms with Crippen LogP contribution in [-0.4, -0.2) is 21.1 Å². The van der Waals surface area contributed by atoms with Gasteiger partial charge in [0.2, 0.25) is 0 Å². The van der Waals surface area contributed by atoms with Gasteiger partial charge in [-0.15, -0.1) is 0 Å². The van der Waals surface area contributed by atoms with E-state index >= 15 is 0 Å². The van der Waals surface area contributed by atoms with Crippen LogP contribution < -0.4 is 0 Å². The largest absolute Gasteiger partial charge is 0.334 e. The number of nitrogens with zero attached hydrogens (tertiary/aromatic N) is 2. The van der Waals surface area contributed by atoms with Crippen LogP contribution in [0.3, 0.4) is 0 Å². The first-order chi connectivity index (χ1) is 5.88. The smallest absolute Gasteiger partial charge is 0.108 e. The summed E-state index contributed by atoms with van der Waals surface area (Å²) >= 11 is 1.98. The highest BCUT2D eigenvalue weighted by Crippen LogP contribution is 2.03. The SMILES string of the molecule is CCSCCn1ccnc1CC. The zero-order chi connectivity index (χ0) is 8.81. The van der Waals surface area contributed by atoms with Gasteiger partial charge in [-0.25, -0.2) is 4.98 Å². The molecule has 0 radical (unpaired) electrons. The first kappa shape index (κ1) is 9.65. The molecule has 2 nitrogen and oxygen atoms in total. The fourth-order valence-electron chi connectivity index (χ4n) is 1.17. The van der Waals surface area contributed by atoms with Crippen molar-refractivity contribution in [1.29, 1.82) is 0 Å². The molecule has 0 aliphatic carbocycles. The van der Waals surface area contributed by atoms with E-state index in [0.717, 1.165) is 13.0 Å². The molecule has 0 saturated heterocycles. The Hall–Kier alpha value is -0.440. The standard InChI is InChI=1S/C9H16N2S/c1-3-9-10-5-6-11(9)7-8-12-4-2/h5-6H,3-4,7-8H2,1-2H3. The van der Waals surface area contributed by atoms with Crippen molar-refractivity contribution in [1.82, 2.24) is 9.55 Å². The van der Waals surface area contributed by atoms with Crippen LogP contribution in [0.2, 0.25) is 0 Å². The maximum Gasteiger partial charge on any atom is 0.108 e. The van der Waals surface area contributed by atoms with Crippen LogP contribution in [0.1, 0.15) is 19.7 Å². The van der Waals surface area contributed by atoms with Crippen molar-refractivity contribution < 1.29 is 0 Å². The quantitative estimate of drug-likeness (QED) is 0.653. The molecule has 0 unspecified atom stereocenters. The summed E-state index contributed by atoms with van der Waals surface area (Å²) in [7, 11) is 0. The fourth-order valence-corrected chi connectivity index (χ4v) is 1.78. The highest BCUT2D eigenvalue weighted by molar-refractivity contribution is 7.99. The topological polar surface area (TPSA) is 17.8 Å². The van der Waals surface area contributed by atoms with Crippen LogP contribution >= 0.6 is 11.8 Å². The Morgan fingerprint density at radius 3 is 3.00 bits per heavy atom. The Balaban J connectivity index is 2.39. The van der Waals surface area contributed by atoms with Crippen molar-refractivity contribution in [2.45, 2.75) is 26.8 Å². The van der Waals surface area contributed by atoms with Crippen molar-refractivity contribution >= 4 is 11.8 Å². The summed E-state index contributed by atoms with van der Waals surface area (Å²) in [5.74, 6) is 3.60. The first-order valence-electron chi connectivity index (χ1n) is 4.46.